The number of aromatic nitrogens is 1. The Bertz CT molecular complexity index is 1410. The van der Waals surface area contributed by atoms with E-state index < -0.39 is 16.1 Å². The van der Waals surface area contributed by atoms with Crippen molar-refractivity contribution in [2.24, 2.45) is 0 Å². The number of para-hydroxylation sites is 1. The average Bonchev–Trinajstić information content (AvgIpc) is 2.83. The number of allylic oxidation sites excluding steroid dienone is 2. The van der Waals surface area contributed by atoms with E-state index in [4.69, 9.17) is 0 Å². The molecule has 33 heavy (non-hydrogen) atoms. The number of nitrogens with zero attached hydrogens (tertiary/aromatic N) is 3. The Hall–Kier alpha value is -4.22. The van der Waals surface area contributed by atoms with Gasteiger partial charge >= 0.3 is 0 Å². The van der Waals surface area contributed by atoms with Crippen LogP contribution in [0.4, 0.5) is 11.4 Å². The van der Waals surface area contributed by atoms with Crippen molar-refractivity contribution in [1.29, 1.82) is 5.26 Å². The van der Waals surface area contributed by atoms with Crippen molar-refractivity contribution in [3.05, 3.63) is 102 Å². The first-order valence-corrected chi connectivity index (χ1v) is 11.9. The van der Waals surface area contributed by atoms with Gasteiger partial charge in [0, 0.05) is 23.7 Å². The summed E-state index contributed by atoms with van der Waals surface area (Å²) in [4.78, 5) is 18.5. The zero-order valence-electron chi connectivity index (χ0n) is 17.7. The van der Waals surface area contributed by atoms with Crippen molar-refractivity contribution < 1.29 is 13.2 Å². The summed E-state index contributed by atoms with van der Waals surface area (Å²) < 4.78 is 26.3. The van der Waals surface area contributed by atoms with Crippen LogP contribution in [0.2, 0.25) is 0 Å². The molecule has 1 N–H and O–H groups in total. The fraction of sp³-hybridized carbons (Fsp3) is 0.0800. The molecule has 0 amide bonds. The molecule has 7 nitrogen and oxygen atoms in total. The van der Waals surface area contributed by atoms with E-state index in [2.05, 4.69) is 15.8 Å². The number of carbonyl (C=O) groups excluding carboxylic acids is 1. The van der Waals surface area contributed by atoms with Gasteiger partial charge < -0.3 is 9.69 Å². The van der Waals surface area contributed by atoms with E-state index in [1.165, 1.54) is 0 Å². The van der Waals surface area contributed by atoms with Crippen LogP contribution >= 0.6 is 0 Å². The number of pyridine rings is 1. The highest BCUT2D eigenvalue weighted by molar-refractivity contribution is 7.92. The van der Waals surface area contributed by atoms with Crippen molar-refractivity contribution >= 4 is 38.8 Å². The van der Waals surface area contributed by atoms with E-state index >= 15 is 0 Å². The van der Waals surface area contributed by atoms with E-state index in [1.54, 1.807) is 59.8 Å². The zero-order valence-corrected chi connectivity index (χ0v) is 18.5. The third kappa shape index (κ3) is 4.68. The number of hydrogen-bond donors (Lipinski definition) is 1. The number of rotatable bonds is 6. The second kappa shape index (κ2) is 9.10. The highest BCUT2D eigenvalue weighted by Gasteiger charge is 2.29. The SMILES string of the molecule is CS(=O)(=O)Nc1cccnc1C1=CN(c2ccccc2)C(C=O)C(c2ccccc2C#N)=C1. The smallest absolute Gasteiger partial charge is 0.229 e. The Morgan fingerprint density at radius 2 is 1.79 bits per heavy atom. The number of sulfonamides is 1. The van der Waals surface area contributed by atoms with Gasteiger partial charge in [0.2, 0.25) is 10.0 Å². The molecule has 8 heteroatoms. The minimum Gasteiger partial charge on any atom is -0.333 e. The highest BCUT2D eigenvalue weighted by Crippen LogP contribution is 2.37. The molecule has 0 spiro atoms. The van der Waals surface area contributed by atoms with Gasteiger partial charge in [-0.25, -0.2) is 8.42 Å². The molecule has 3 aromatic rings. The van der Waals surface area contributed by atoms with Crippen LogP contribution in [0.1, 0.15) is 16.8 Å². The summed E-state index contributed by atoms with van der Waals surface area (Å²) in [7, 11) is -3.55. The molecule has 1 atom stereocenters. The maximum absolute atomic E-state index is 12.3. The molecule has 0 aliphatic carbocycles. The lowest BCUT2D eigenvalue weighted by molar-refractivity contribution is -0.107. The molecule has 0 fully saturated rings. The molecule has 0 saturated heterocycles. The van der Waals surface area contributed by atoms with Crippen LogP contribution in [0, 0.1) is 11.3 Å². The van der Waals surface area contributed by atoms with Crippen LogP contribution < -0.4 is 9.62 Å². The summed E-state index contributed by atoms with van der Waals surface area (Å²) in [6.07, 6.45) is 7.02. The Labute approximate surface area is 192 Å². The molecule has 1 aromatic heterocycles. The summed E-state index contributed by atoms with van der Waals surface area (Å²) in [6.45, 7) is 0. The molecule has 1 aliphatic rings. The van der Waals surface area contributed by atoms with Gasteiger partial charge in [0.15, 0.2) is 0 Å². The minimum absolute atomic E-state index is 0.313. The first kappa shape index (κ1) is 22.0. The molecule has 4 rings (SSSR count). The lowest BCUT2D eigenvalue weighted by Crippen LogP contribution is -2.36. The second-order valence-corrected chi connectivity index (χ2v) is 9.19. The maximum atomic E-state index is 12.3. The third-order valence-electron chi connectivity index (χ3n) is 5.13. The molecule has 0 saturated carbocycles. The van der Waals surface area contributed by atoms with E-state index in [0.717, 1.165) is 18.2 Å². The van der Waals surface area contributed by atoms with E-state index in [-0.39, 0.29) is 0 Å². The summed E-state index contributed by atoms with van der Waals surface area (Å²) in [6, 6.07) is 21.2. The van der Waals surface area contributed by atoms with Gasteiger partial charge in [0.25, 0.3) is 0 Å². The Balaban J connectivity index is 1.96. The van der Waals surface area contributed by atoms with Crippen LogP contribution in [0.15, 0.2) is 85.2 Å². The van der Waals surface area contributed by atoms with Crippen molar-refractivity contribution in [2.75, 3.05) is 15.9 Å². The highest BCUT2D eigenvalue weighted by atomic mass is 32.2. The zero-order chi connectivity index (χ0) is 23.4. The van der Waals surface area contributed by atoms with Crippen LogP contribution in [-0.2, 0) is 14.8 Å². The van der Waals surface area contributed by atoms with Crippen molar-refractivity contribution in [3.8, 4) is 6.07 Å². The van der Waals surface area contributed by atoms with Crippen molar-refractivity contribution in [3.63, 3.8) is 0 Å². The van der Waals surface area contributed by atoms with Gasteiger partial charge in [-0.2, -0.15) is 5.26 Å². The Morgan fingerprint density at radius 3 is 2.48 bits per heavy atom. The molecule has 0 bridgehead atoms. The first-order chi connectivity index (χ1) is 15.9. The third-order valence-corrected chi connectivity index (χ3v) is 5.72. The second-order valence-electron chi connectivity index (χ2n) is 7.44. The predicted octanol–water partition coefficient (Wildman–Crippen LogP) is 3.84. The van der Waals surface area contributed by atoms with Gasteiger partial charge in [-0.05, 0) is 47.5 Å². The summed E-state index contributed by atoms with van der Waals surface area (Å²) in [5, 5.41) is 9.66. The van der Waals surface area contributed by atoms with E-state index in [0.29, 0.717) is 33.7 Å². The normalized spacial score (nSPS) is 15.8. The summed E-state index contributed by atoms with van der Waals surface area (Å²) in [5.74, 6) is 0. The molecule has 164 valence electrons. The topological polar surface area (TPSA) is 103 Å². The Kier molecular flexibility index (Phi) is 6.07. The van der Waals surface area contributed by atoms with Gasteiger partial charge in [-0.3, -0.25) is 9.71 Å². The first-order valence-electron chi connectivity index (χ1n) is 10.1. The molecule has 1 aliphatic heterocycles. The minimum atomic E-state index is -3.55. The predicted molar refractivity (Wildman–Crippen MR) is 129 cm³/mol. The van der Waals surface area contributed by atoms with Crippen LogP contribution in [0.3, 0.4) is 0 Å². The van der Waals surface area contributed by atoms with Gasteiger partial charge in [-0.15, -0.1) is 0 Å². The maximum Gasteiger partial charge on any atom is 0.229 e. The van der Waals surface area contributed by atoms with Gasteiger partial charge in [0.05, 0.1) is 29.3 Å². The molecule has 1 unspecified atom stereocenters. The van der Waals surface area contributed by atoms with Crippen LogP contribution in [0.5, 0.6) is 0 Å². The average molecular weight is 457 g/mol. The largest absolute Gasteiger partial charge is 0.333 e. The van der Waals surface area contributed by atoms with Crippen LogP contribution in [0.25, 0.3) is 11.1 Å². The molecule has 2 aromatic carbocycles. The number of benzene rings is 2. The summed E-state index contributed by atoms with van der Waals surface area (Å²) in [5.41, 5.74) is 3.73. The standard InChI is InChI=1S/C25H20N4O3S/c1-33(31,32)28-23-12-7-13-27-25(23)19-14-22(21-11-6-5-8-18(21)15-26)24(17-30)29(16-19)20-9-3-2-4-10-20/h2-14,16-17,24,28H,1H3. The number of nitriles is 1. The monoisotopic (exact) mass is 456 g/mol. The Morgan fingerprint density at radius 1 is 1.06 bits per heavy atom. The number of anilines is 2. The fourth-order valence-corrected chi connectivity index (χ4v) is 4.32. The molecule has 2 heterocycles. The quantitative estimate of drug-likeness (QED) is 0.566. The molecular formula is C25H20N4O3S. The van der Waals surface area contributed by atoms with E-state index in [9.17, 15) is 18.5 Å². The van der Waals surface area contributed by atoms with Gasteiger partial charge in [-0.1, -0.05) is 36.4 Å². The number of nitrogens with one attached hydrogen (secondary N) is 1. The number of carbonyl (C=O) groups is 1. The lowest BCUT2D eigenvalue weighted by atomic mass is 9.89. The van der Waals surface area contributed by atoms with Gasteiger partial charge in [0.1, 0.15) is 12.3 Å². The lowest BCUT2D eigenvalue weighted by Gasteiger charge is -2.33. The number of hydrogen-bond acceptors (Lipinski definition) is 6. The molecular weight excluding hydrogens is 436 g/mol. The summed E-state index contributed by atoms with van der Waals surface area (Å²) >= 11 is 0. The van der Waals surface area contributed by atoms with Crippen molar-refractivity contribution in [1.82, 2.24) is 4.98 Å². The van der Waals surface area contributed by atoms with E-state index in [1.807, 2.05) is 30.3 Å². The number of aldehydes is 1. The fourth-order valence-electron chi connectivity index (χ4n) is 3.76. The van der Waals surface area contributed by atoms with Crippen molar-refractivity contribution in [2.45, 2.75) is 6.04 Å². The molecule has 0 radical (unpaired) electrons. The van der Waals surface area contributed by atoms with Crippen LogP contribution in [-0.4, -0.2) is 32.0 Å².